The molecule has 0 spiro atoms. The standard InChI is InChI=1S/C32H30N2O5S/c1-5-38-31(36)27-28(21-11-7-6-8-12-21)33-32-34(29(27)22-15-17-24(37-4)18-16-22)30(35)26(40-32)19-23-13-9-10-14-25(23)39-20(2)3/h6-20,29H,5H2,1-4H3/b26-19-/t29-/m1/s1. The molecule has 0 bridgehead atoms. The van der Waals surface area contributed by atoms with Crippen molar-refractivity contribution in [2.75, 3.05) is 13.7 Å². The Labute approximate surface area is 236 Å². The normalized spacial score (nSPS) is 15.0. The van der Waals surface area contributed by atoms with E-state index in [2.05, 4.69) is 0 Å². The van der Waals surface area contributed by atoms with Gasteiger partial charge in [-0.25, -0.2) is 9.79 Å². The molecule has 1 aliphatic heterocycles. The highest BCUT2D eigenvalue weighted by Gasteiger charge is 2.35. The number of hydrogen-bond donors (Lipinski definition) is 0. The Morgan fingerprint density at radius 1 is 1.02 bits per heavy atom. The minimum atomic E-state index is -0.749. The molecular weight excluding hydrogens is 524 g/mol. The third kappa shape index (κ3) is 5.35. The number of rotatable bonds is 8. The number of hydrogen-bond acceptors (Lipinski definition) is 7. The number of benzene rings is 3. The maximum Gasteiger partial charge on any atom is 0.338 e. The van der Waals surface area contributed by atoms with E-state index in [0.717, 1.165) is 16.7 Å². The Morgan fingerprint density at radius 2 is 1.73 bits per heavy atom. The number of carbonyl (C=O) groups is 1. The van der Waals surface area contributed by atoms with Gasteiger partial charge in [-0.05, 0) is 50.6 Å². The van der Waals surface area contributed by atoms with Gasteiger partial charge in [0.25, 0.3) is 5.56 Å². The number of fused-ring (bicyclic) bond motifs is 1. The predicted molar refractivity (Wildman–Crippen MR) is 156 cm³/mol. The lowest BCUT2D eigenvalue weighted by molar-refractivity contribution is -0.138. The molecule has 1 aliphatic rings. The van der Waals surface area contributed by atoms with Crippen LogP contribution in [-0.2, 0) is 9.53 Å². The summed E-state index contributed by atoms with van der Waals surface area (Å²) in [6, 6.07) is 23.7. The topological polar surface area (TPSA) is 79.1 Å². The molecule has 0 unspecified atom stereocenters. The van der Waals surface area contributed by atoms with Crippen molar-refractivity contribution in [1.29, 1.82) is 0 Å². The van der Waals surface area contributed by atoms with E-state index < -0.39 is 12.0 Å². The molecule has 2 heterocycles. The molecule has 7 nitrogen and oxygen atoms in total. The van der Waals surface area contributed by atoms with Crippen LogP contribution in [0, 0.1) is 0 Å². The average Bonchev–Trinajstić information content (AvgIpc) is 3.28. The minimum absolute atomic E-state index is 0.0218. The Hall–Kier alpha value is -4.43. The third-order valence-corrected chi connectivity index (χ3v) is 7.36. The summed E-state index contributed by atoms with van der Waals surface area (Å²) in [5, 5.41) is 0. The number of aromatic nitrogens is 1. The molecule has 0 aliphatic carbocycles. The van der Waals surface area contributed by atoms with Crippen LogP contribution in [0.15, 0.2) is 94.2 Å². The third-order valence-electron chi connectivity index (χ3n) is 6.37. The first kappa shape index (κ1) is 27.1. The molecule has 204 valence electrons. The van der Waals surface area contributed by atoms with Crippen LogP contribution in [0.2, 0.25) is 0 Å². The molecule has 0 fully saturated rings. The Morgan fingerprint density at radius 3 is 2.40 bits per heavy atom. The highest BCUT2D eigenvalue weighted by atomic mass is 32.1. The molecule has 8 heteroatoms. The summed E-state index contributed by atoms with van der Waals surface area (Å²) >= 11 is 1.28. The monoisotopic (exact) mass is 554 g/mol. The first-order valence-corrected chi connectivity index (χ1v) is 13.9. The van der Waals surface area contributed by atoms with E-state index in [-0.39, 0.29) is 18.3 Å². The number of esters is 1. The second-order valence-corrected chi connectivity index (χ2v) is 10.4. The number of para-hydroxylation sites is 1. The van der Waals surface area contributed by atoms with Gasteiger partial charge in [0, 0.05) is 11.1 Å². The van der Waals surface area contributed by atoms with Crippen molar-refractivity contribution in [2.45, 2.75) is 32.9 Å². The first-order chi connectivity index (χ1) is 19.4. The molecule has 0 radical (unpaired) electrons. The number of ether oxygens (including phenoxy) is 3. The fourth-order valence-corrected chi connectivity index (χ4v) is 5.64. The lowest BCUT2D eigenvalue weighted by Gasteiger charge is -2.26. The Bertz CT molecular complexity index is 1730. The van der Waals surface area contributed by atoms with E-state index in [4.69, 9.17) is 19.2 Å². The molecule has 0 amide bonds. The molecule has 1 atom stereocenters. The largest absolute Gasteiger partial charge is 0.497 e. The van der Waals surface area contributed by atoms with Gasteiger partial charge in [0.15, 0.2) is 4.80 Å². The van der Waals surface area contributed by atoms with Crippen LogP contribution < -0.4 is 24.4 Å². The first-order valence-electron chi connectivity index (χ1n) is 13.1. The summed E-state index contributed by atoms with van der Waals surface area (Å²) in [7, 11) is 1.59. The number of thiazole rings is 1. The Kier molecular flexibility index (Phi) is 7.98. The van der Waals surface area contributed by atoms with Gasteiger partial charge in [-0.15, -0.1) is 0 Å². The summed E-state index contributed by atoms with van der Waals surface area (Å²) in [6.45, 7) is 5.87. The van der Waals surface area contributed by atoms with Gasteiger partial charge < -0.3 is 14.2 Å². The van der Waals surface area contributed by atoms with Crippen LogP contribution in [0.3, 0.4) is 0 Å². The van der Waals surface area contributed by atoms with Crippen LogP contribution >= 0.6 is 11.3 Å². The second-order valence-electron chi connectivity index (χ2n) is 9.41. The van der Waals surface area contributed by atoms with E-state index in [9.17, 15) is 9.59 Å². The van der Waals surface area contributed by atoms with Crippen molar-refractivity contribution >= 4 is 29.1 Å². The van der Waals surface area contributed by atoms with E-state index >= 15 is 0 Å². The average molecular weight is 555 g/mol. The lowest BCUT2D eigenvalue weighted by Crippen LogP contribution is -2.40. The van der Waals surface area contributed by atoms with Crippen molar-refractivity contribution in [3.05, 3.63) is 121 Å². The fraction of sp³-hybridized carbons (Fsp3) is 0.219. The predicted octanol–water partition coefficient (Wildman–Crippen LogP) is 4.73. The van der Waals surface area contributed by atoms with Crippen molar-refractivity contribution in [3.63, 3.8) is 0 Å². The van der Waals surface area contributed by atoms with Gasteiger partial charge in [-0.3, -0.25) is 9.36 Å². The summed E-state index contributed by atoms with van der Waals surface area (Å²) in [4.78, 5) is 33.0. The van der Waals surface area contributed by atoms with E-state index in [1.54, 1.807) is 18.6 Å². The number of methoxy groups -OCH3 is 1. The van der Waals surface area contributed by atoms with Crippen molar-refractivity contribution in [3.8, 4) is 11.5 Å². The lowest BCUT2D eigenvalue weighted by atomic mass is 9.93. The summed E-state index contributed by atoms with van der Waals surface area (Å²) in [6.07, 6.45) is 1.80. The molecule has 1 aromatic heterocycles. The SMILES string of the molecule is CCOC(=O)C1=C(c2ccccc2)N=c2s/c(=C\c3ccccc3OC(C)C)c(=O)n2[C@@H]1c1ccc(OC)cc1. The molecule has 0 N–H and O–H groups in total. The molecular formula is C32H30N2O5S. The van der Waals surface area contributed by atoms with E-state index in [1.807, 2.05) is 98.8 Å². The fourth-order valence-electron chi connectivity index (χ4n) is 4.64. The van der Waals surface area contributed by atoms with Crippen molar-refractivity contribution < 1.29 is 19.0 Å². The summed E-state index contributed by atoms with van der Waals surface area (Å²) in [5.74, 6) is 0.839. The zero-order valence-electron chi connectivity index (χ0n) is 22.8. The minimum Gasteiger partial charge on any atom is -0.497 e. The molecule has 5 rings (SSSR count). The van der Waals surface area contributed by atoms with Gasteiger partial charge in [0.2, 0.25) is 0 Å². The van der Waals surface area contributed by atoms with Crippen molar-refractivity contribution in [1.82, 2.24) is 4.57 Å². The summed E-state index contributed by atoms with van der Waals surface area (Å²) < 4.78 is 18.9. The van der Waals surface area contributed by atoms with Crippen LogP contribution in [0.25, 0.3) is 11.8 Å². The van der Waals surface area contributed by atoms with Gasteiger partial charge >= 0.3 is 5.97 Å². The summed E-state index contributed by atoms with van der Waals surface area (Å²) in [5.41, 5.74) is 2.82. The maximum atomic E-state index is 14.1. The van der Waals surface area contributed by atoms with Crippen LogP contribution in [0.1, 0.15) is 43.5 Å². The molecule has 4 aromatic rings. The van der Waals surface area contributed by atoms with Crippen molar-refractivity contribution in [2.24, 2.45) is 4.99 Å². The zero-order chi connectivity index (χ0) is 28.2. The molecule has 3 aromatic carbocycles. The molecule has 40 heavy (non-hydrogen) atoms. The smallest absolute Gasteiger partial charge is 0.338 e. The van der Waals surface area contributed by atoms with Gasteiger partial charge in [0.05, 0.1) is 41.7 Å². The quantitative estimate of drug-likeness (QED) is 0.294. The molecule has 0 saturated carbocycles. The van der Waals surface area contributed by atoms with E-state index in [1.165, 1.54) is 11.3 Å². The van der Waals surface area contributed by atoms with Gasteiger partial charge in [-0.1, -0.05) is 72.0 Å². The van der Waals surface area contributed by atoms with Crippen LogP contribution in [-0.4, -0.2) is 30.4 Å². The highest BCUT2D eigenvalue weighted by Crippen LogP contribution is 2.35. The van der Waals surface area contributed by atoms with Gasteiger partial charge in [-0.2, -0.15) is 0 Å². The van der Waals surface area contributed by atoms with Crippen LogP contribution in [0.4, 0.5) is 0 Å². The highest BCUT2D eigenvalue weighted by molar-refractivity contribution is 7.07. The molecule has 0 saturated heterocycles. The number of nitrogens with zero attached hydrogens (tertiary/aromatic N) is 2. The maximum absolute atomic E-state index is 14.1. The van der Waals surface area contributed by atoms with E-state index in [0.29, 0.717) is 32.1 Å². The second kappa shape index (κ2) is 11.8. The van der Waals surface area contributed by atoms with Gasteiger partial charge in [0.1, 0.15) is 11.5 Å². The zero-order valence-corrected chi connectivity index (χ0v) is 23.6. The number of carbonyl (C=O) groups excluding carboxylic acids is 1. The van der Waals surface area contributed by atoms with Crippen LogP contribution in [0.5, 0.6) is 11.5 Å². The Balaban J connectivity index is 1.80.